The van der Waals surface area contributed by atoms with Crippen molar-refractivity contribution in [1.82, 2.24) is 5.43 Å². The number of nitro benzene ring substituents is 1. The molecule has 0 aromatic heterocycles. The fraction of sp³-hybridized carbons (Fsp3) is 0.125. The van der Waals surface area contributed by atoms with E-state index in [1.54, 1.807) is 31.4 Å². The van der Waals surface area contributed by atoms with Gasteiger partial charge in [-0.25, -0.2) is 0 Å². The van der Waals surface area contributed by atoms with Gasteiger partial charge < -0.3 is 19.9 Å². The summed E-state index contributed by atoms with van der Waals surface area (Å²) in [7, 11) is 2.86. The molecule has 0 aliphatic heterocycles. The molecule has 2 aromatic rings. The summed E-state index contributed by atoms with van der Waals surface area (Å²) in [5, 5.41) is 27.8. The van der Waals surface area contributed by atoms with Crippen molar-refractivity contribution in [2.45, 2.75) is 0 Å². The van der Waals surface area contributed by atoms with E-state index in [1.807, 2.05) is 0 Å². The highest BCUT2D eigenvalue weighted by atomic mass is 32.1. The van der Waals surface area contributed by atoms with Gasteiger partial charge in [0.25, 0.3) is 0 Å². The van der Waals surface area contributed by atoms with Crippen molar-refractivity contribution in [1.29, 1.82) is 0 Å². The topological polar surface area (TPSA) is 118 Å². The van der Waals surface area contributed by atoms with Crippen molar-refractivity contribution in [3.63, 3.8) is 0 Å². The number of anilines is 1. The molecule has 0 aliphatic carbocycles. The second-order valence-corrected chi connectivity index (χ2v) is 5.31. The highest BCUT2D eigenvalue weighted by molar-refractivity contribution is 7.80. The molecule has 0 atom stereocenters. The van der Waals surface area contributed by atoms with Crippen LogP contribution in [-0.4, -0.2) is 35.6 Å². The van der Waals surface area contributed by atoms with E-state index < -0.39 is 16.4 Å². The minimum atomic E-state index is -0.711. The minimum absolute atomic E-state index is 0.0299. The Morgan fingerprint density at radius 1 is 1.31 bits per heavy atom. The van der Waals surface area contributed by atoms with Crippen LogP contribution < -0.4 is 20.2 Å². The first kappa shape index (κ1) is 18.9. The van der Waals surface area contributed by atoms with E-state index in [4.69, 9.17) is 21.7 Å². The van der Waals surface area contributed by atoms with Crippen LogP contribution in [0.15, 0.2) is 41.5 Å². The number of hydrogen-bond donors (Lipinski definition) is 3. The highest BCUT2D eigenvalue weighted by Gasteiger charge is 2.19. The molecule has 0 fully saturated rings. The standard InChI is InChI=1S/C16H16N4O5S/c1-24-12-5-3-4-11(8-12)18-16(26)19-17-9-10-6-13(20(22)23)15(21)14(7-10)25-2/h3-9,21H,1-2H3,(H2,18,19,26)/b17-9+. The summed E-state index contributed by atoms with van der Waals surface area (Å²) in [5.41, 5.74) is 3.17. The zero-order chi connectivity index (χ0) is 19.1. The average Bonchev–Trinajstić information content (AvgIpc) is 2.62. The van der Waals surface area contributed by atoms with Crippen LogP contribution in [0.25, 0.3) is 0 Å². The smallest absolute Gasteiger partial charge is 0.315 e. The lowest BCUT2D eigenvalue weighted by Crippen LogP contribution is -2.23. The zero-order valence-corrected chi connectivity index (χ0v) is 14.7. The van der Waals surface area contributed by atoms with Crippen molar-refractivity contribution in [2.24, 2.45) is 5.10 Å². The van der Waals surface area contributed by atoms with E-state index in [0.717, 1.165) is 0 Å². The monoisotopic (exact) mass is 376 g/mol. The van der Waals surface area contributed by atoms with Gasteiger partial charge in [0.2, 0.25) is 5.75 Å². The first-order valence-electron chi connectivity index (χ1n) is 7.24. The maximum absolute atomic E-state index is 11.0. The number of benzene rings is 2. The summed E-state index contributed by atoms with van der Waals surface area (Å²) in [5.74, 6) is 0.0975. The Balaban J connectivity index is 2.06. The number of nitro groups is 1. The van der Waals surface area contributed by atoms with Gasteiger partial charge >= 0.3 is 5.69 Å². The van der Waals surface area contributed by atoms with Gasteiger partial charge in [-0.2, -0.15) is 5.10 Å². The molecule has 136 valence electrons. The van der Waals surface area contributed by atoms with Gasteiger partial charge in [0.15, 0.2) is 10.9 Å². The van der Waals surface area contributed by atoms with Crippen LogP contribution in [0, 0.1) is 10.1 Å². The number of methoxy groups -OCH3 is 2. The normalized spacial score (nSPS) is 10.4. The predicted octanol–water partition coefficient (Wildman–Crippen LogP) is 2.64. The van der Waals surface area contributed by atoms with Gasteiger partial charge in [0.1, 0.15) is 5.75 Å². The molecule has 0 saturated heterocycles. The van der Waals surface area contributed by atoms with E-state index in [9.17, 15) is 15.2 Å². The van der Waals surface area contributed by atoms with Crippen molar-refractivity contribution >= 4 is 34.9 Å². The van der Waals surface area contributed by atoms with Crippen molar-refractivity contribution in [2.75, 3.05) is 19.5 Å². The maximum atomic E-state index is 11.0. The van der Waals surface area contributed by atoms with E-state index in [-0.39, 0.29) is 10.9 Å². The van der Waals surface area contributed by atoms with Crippen LogP contribution in [0.2, 0.25) is 0 Å². The highest BCUT2D eigenvalue weighted by Crippen LogP contribution is 2.36. The van der Waals surface area contributed by atoms with Crippen LogP contribution in [-0.2, 0) is 0 Å². The van der Waals surface area contributed by atoms with Gasteiger partial charge in [0, 0.05) is 23.4 Å². The molecule has 10 heteroatoms. The summed E-state index contributed by atoms with van der Waals surface area (Å²) < 4.78 is 10.0. The molecule has 0 bridgehead atoms. The Kier molecular flexibility index (Phi) is 6.28. The molecule has 0 spiro atoms. The molecule has 2 aromatic carbocycles. The number of hydrazone groups is 1. The first-order valence-corrected chi connectivity index (χ1v) is 7.65. The molecule has 0 amide bonds. The molecule has 0 unspecified atom stereocenters. The molecule has 9 nitrogen and oxygen atoms in total. The number of rotatable bonds is 6. The Labute approximate surface area is 154 Å². The van der Waals surface area contributed by atoms with Gasteiger partial charge in [-0.15, -0.1) is 0 Å². The molecule has 0 aliphatic rings. The molecule has 26 heavy (non-hydrogen) atoms. The number of ether oxygens (including phenoxy) is 2. The molecular formula is C16H16N4O5S. The van der Waals surface area contributed by atoms with Gasteiger partial charge in [-0.05, 0) is 30.4 Å². The Hall–Kier alpha value is -3.40. The average molecular weight is 376 g/mol. The van der Waals surface area contributed by atoms with Crippen LogP contribution in [0.1, 0.15) is 5.56 Å². The summed E-state index contributed by atoms with van der Waals surface area (Å²) in [6, 6.07) is 9.73. The van der Waals surface area contributed by atoms with Gasteiger partial charge in [-0.3, -0.25) is 15.5 Å². The molecule has 2 rings (SSSR count). The van der Waals surface area contributed by atoms with Gasteiger partial charge in [-0.1, -0.05) is 6.07 Å². The quantitative estimate of drug-likeness (QED) is 0.305. The van der Waals surface area contributed by atoms with Gasteiger partial charge in [0.05, 0.1) is 25.4 Å². The van der Waals surface area contributed by atoms with Crippen molar-refractivity contribution < 1.29 is 19.5 Å². The molecule has 0 heterocycles. The largest absolute Gasteiger partial charge is 0.500 e. The van der Waals surface area contributed by atoms with E-state index in [2.05, 4.69) is 15.8 Å². The third kappa shape index (κ3) is 4.80. The number of phenolic OH excluding ortho intramolecular Hbond substituents is 1. The number of hydrogen-bond acceptors (Lipinski definition) is 7. The van der Waals surface area contributed by atoms with Crippen molar-refractivity contribution in [3.05, 3.63) is 52.1 Å². The maximum Gasteiger partial charge on any atom is 0.315 e. The third-order valence-corrected chi connectivity index (χ3v) is 3.39. The Morgan fingerprint density at radius 3 is 2.73 bits per heavy atom. The van der Waals surface area contributed by atoms with Crippen LogP contribution in [0.5, 0.6) is 17.2 Å². The van der Waals surface area contributed by atoms with Crippen LogP contribution in [0.3, 0.4) is 0 Å². The molecular weight excluding hydrogens is 360 g/mol. The number of nitrogens with zero attached hydrogens (tertiary/aromatic N) is 2. The molecule has 3 N–H and O–H groups in total. The lowest BCUT2D eigenvalue weighted by molar-refractivity contribution is -0.386. The second-order valence-electron chi connectivity index (χ2n) is 4.90. The van der Waals surface area contributed by atoms with E-state index in [1.165, 1.54) is 25.5 Å². The summed E-state index contributed by atoms with van der Waals surface area (Å²) in [4.78, 5) is 10.3. The fourth-order valence-electron chi connectivity index (χ4n) is 2.01. The number of aromatic hydroxyl groups is 1. The second kappa shape index (κ2) is 8.62. The summed E-state index contributed by atoms with van der Waals surface area (Å²) in [6.45, 7) is 0. The van der Waals surface area contributed by atoms with Crippen LogP contribution >= 0.6 is 12.2 Å². The Morgan fingerprint density at radius 2 is 2.08 bits per heavy atom. The lowest BCUT2D eigenvalue weighted by Gasteiger charge is -2.08. The van der Waals surface area contributed by atoms with Crippen LogP contribution in [0.4, 0.5) is 11.4 Å². The SMILES string of the molecule is COc1cccc(NC(=S)N/N=C/c2cc(OC)c(O)c([N+](=O)[O-])c2)c1. The minimum Gasteiger partial charge on any atom is -0.500 e. The third-order valence-electron chi connectivity index (χ3n) is 3.20. The lowest BCUT2D eigenvalue weighted by atomic mass is 10.2. The number of phenols is 1. The number of nitrogens with one attached hydrogen (secondary N) is 2. The molecule has 0 radical (unpaired) electrons. The molecule has 0 saturated carbocycles. The summed E-state index contributed by atoms with van der Waals surface area (Å²) in [6.07, 6.45) is 1.31. The Bertz CT molecular complexity index is 857. The predicted molar refractivity (Wildman–Crippen MR) is 101 cm³/mol. The van der Waals surface area contributed by atoms with E-state index >= 15 is 0 Å². The van der Waals surface area contributed by atoms with E-state index in [0.29, 0.717) is 17.0 Å². The first-order chi connectivity index (χ1) is 12.4. The zero-order valence-electron chi connectivity index (χ0n) is 13.9. The fourth-order valence-corrected chi connectivity index (χ4v) is 2.18. The summed E-state index contributed by atoms with van der Waals surface area (Å²) >= 11 is 5.12. The number of thiocarbonyl (C=S) groups is 1. The van der Waals surface area contributed by atoms with Crippen molar-refractivity contribution in [3.8, 4) is 17.2 Å².